The lowest BCUT2D eigenvalue weighted by molar-refractivity contribution is 0.102. The molecular weight excluding hydrogens is 390 g/mol. The van der Waals surface area contributed by atoms with Crippen molar-refractivity contribution in [3.8, 4) is 11.5 Å². The smallest absolute Gasteiger partial charge is 0.322 e. The number of fused-ring (bicyclic) bond motifs is 1. The third-order valence-corrected chi connectivity index (χ3v) is 5.16. The molecule has 1 N–H and O–H groups in total. The number of benzene rings is 2. The number of carbonyl (C=O) groups is 1. The van der Waals surface area contributed by atoms with E-state index in [4.69, 9.17) is 13.9 Å². The second kappa shape index (κ2) is 8.57. The maximum Gasteiger partial charge on any atom is 0.322 e. The van der Waals surface area contributed by atoms with Crippen LogP contribution in [0.5, 0.6) is 11.5 Å². The number of aromatic nitrogens is 2. The Morgan fingerprint density at radius 2 is 1.83 bits per heavy atom. The van der Waals surface area contributed by atoms with Crippen molar-refractivity contribution in [2.45, 2.75) is 30.4 Å². The maximum atomic E-state index is 12.5. The summed E-state index contributed by atoms with van der Waals surface area (Å²) in [6.07, 6.45) is 0.500. The molecule has 0 saturated heterocycles. The zero-order valence-electron chi connectivity index (χ0n) is 16.2. The van der Waals surface area contributed by atoms with E-state index in [1.807, 2.05) is 23.9 Å². The summed E-state index contributed by atoms with van der Waals surface area (Å²) < 4.78 is 16.5. The van der Waals surface area contributed by atoms with Gasteiger partial charge in [0.15, 0.2) is 11.5 Å². The summed E-state index contributed by atoms with van der Waals surface area (Å²) in [6.45, 7) is 5.29. The highest BCUT2D eigenvalue weighted by atomic mass is 32.2. The van der Waals surface area contributed by atoms with Crippen LogP contribution >= 0.6 is 11.8 Å². The normalized spacial score (nSPS) is 12.8. The third-order valence-electron chi connectivity index (χ3n) is 4.14. The lowest BCUT2D eigenvalue weighted by atomic mass is 10.1. The van der Waals surface area contributed by atoms with Gasteiger partial charge in [0, 0.05) is 15.7 Å². The molecule has 0 bridgehead atoms. The average molecular weight is 411 g/mol. The lowest BCUT2D eigenvalue weighted by Crippen LogP contribution is -2.17. The topological polar surface area (TPSA) is 86.5 Å². The minimum absolute atomic E-state index is 0.0619. The van der Waals surface area contributed by atoms with Crippen molar-refractivity contribution < 1.29 is 18.7 Å². The molecule has 2 aromatic carbocycles. The van der Waals surface area contributed by atoms with Gasteiger partial charge in [-0.2, -0.15) is 0 Å². The average Bonchev–Trinajstić information content (AvgIpc) is 3.15. The van der Waals surface area contributed by atoms with Crippen molar-refractivity contribution in [1.29, 1.82) is 0 Å². The van der Waals surface area contributed by atoms with Crippen molar-refractivity contribution in [2.75, 3.05) is 18.5 Å². The minimum atomic E-state index is -0.354. The van der Waals surface area contributed by atoms with Crippen molar-refractivity contribution in [3.63, 3.8) is 0 Å². The number of rotatable bonds is 6. The molecule has 2 heterocycles. The van der Waals surface area contributed by atoms with Crippen molar-refractivity contribution in [3.05, 3.63) is 59.5 Å². The predicted molar refractivity (Wildman–Crippen MR) is 110 cm³/mol. The van der Waals surface area contributed by atoms with Gasteiger partial charge in [-0.15, -0.1) is 16.9 Å². The second-order valence-electron chi connectivity index (χ2n) is 6.80. The first kappa shape index (κ1) is 19.3. The van der Waals surface area contributed by atoms with Crippen LogP contribution in [0.15, 0.2) is 51.8 Å². The fourth-order valence-corrected chi connectivity index (χ4v) is 3.70. The Labute approximate surface area is 172 Å². The number of nitrogens with one attached hydrogen (secondary N) is 1. The van der Waals surface area contributed by atoms with Crippen LogP contribution in [0.2, 0.25) is 0 Å². The van der Waals surface area contributed by atoms with Crippen LogP contribution in [0.3, 0.4) is 0 Å². The fraction of sp³-hybridized carbons (Fsp3) is 0.286. The third kappa shape index (κ3) is 4.89. The highest BCUT2D eigenvalue weighted by molar-refractivity contribution is 7.99. The van der Waals surface area contributed by atoms with Crippen LogP contribution in [-0.2, 0) is 6.42 Å². The number of thioether (sulfide) groups is 1. The zero-order valence-corrected chi connectivity index (χ0v) is 17.0. The highest BCUT2D eigenvalue weighted by Crippen LogP contribution is 2.31. The molecule has 0 radical (unpaired) electrons. The van der Waals surface area contributed by atoms with Gasteiger partial charge < -0.3 is 13.9 Å². The summed E-state index contributed by atoms with van der Waals surface area (Å²) in [4.78, 5) is 13.7. The van der Waals surface area contributed by atoms with E-state index in [-0.39, 0.29) is 11.9 Å². The number of hydrogen-bond donors (Lipinski definition) is 1. The lowest BCUT2D eigenvalue weighted by Gasteiger charge is -2.18. The monoisotopic (exact) mass is 411 g/mol. The Morgan fingerprint density at radius 3 is 2.59 bits per heavy atom. The van der Waals surface area contributed by atoms with E-state index < -0.39 is 0 Å². The first-order valence-electron chi connectivity index (χ1n) is 9.36. The number of nitrogens with zero attached hydrogens (tertiary/aromatic N) is 2. The Bertz CT molecular complexity index is 1000. The number of hydrogen-bond acceptors (Lipinski definition) is 7. The minimum Gasteiger partial charge on any atom is -0.486 e. The molecule has 0 aliphatic carbocycles. The molecule has 150 valence electrons. The van der Waals surface area contributed by atoms with Gasteiger partial charge in [0.25, 0.3) is 5.91 Å². The van der Waals surface area contributed by atoms with Crippen LogP contribution in [0, 0.1) is 0 Å². The molecule has 1 aliphatic rings. The van der Waals surface area contributed by atoms with E-state index in [2.05, 4.69) is 41.5 Å². The number of ether oxygens (including phenoxy) is 2. The van der Waals surface area contributed by atoms with E-state index in [9.17, 15) is 4.79 Å². The van der Waals surface area contributed by atoms with E-state index in [0.29, 0.717) is 47.8 Å². The molecule has 0 spiro atoms. The first-order valence-corrected chi connectivity index (χ1v) is 10.2. The molecule has 1 aromatic heterocycles. The van der Waals surface area contributed by atoms with Gasteiger partial charge in [0.1, 0.15) is 13.2 Å². The van der Waals surface area contributed by atoms with E-state index >= 15 is 0 Å². The molecule has 0 unspecified atom stereocenters. The molecule has 4 rings (SSSR count). The Kier molecular flexibility index (Phi) is 5.71. The maximum absolute atomic E-state index is 12.5. The van der Waals surface area contributed by atoms with Gasteiger partial charge in [-0.25, -0.2) is 0 Å². The molecule has 0 saturated carbocycles. The number of carbonyl (C=O) groups excluding carboxylic acids is 1. The summed E-state index contributed by atoms with van der Waals surface area (Å²) in [5, 5.41) is 11.1. The van der Waals surface area contributed by atoms with Crippen LogP contribution in [0.4, 0.5) is 6.01 Å². The van der Waals surface area contributed by atoms with E-state index in [0.717, 1.165) is 5.56 Å². The molecule has 7 nitrogen and oxygen atoms in total. The van der Waals surface area contributed by atoms with E-state index in [1.54, 1.807) is 18.2 Å². The first-order chi connectivity index (χ1) is 14.1. The second-order valence-corrected chi connectivity index (χ2v) is 8.45. The Balaban J connectivity index is 1.38. The molecule has 0 fully saturated rings. The summed E-state index contributed by atoms with van der Waals surface area (Å²) in [5.41, 5.74) is 1.48. The number of anilines is 1. The van der Waals surface area contributed by atoms with Gasteiger partial charge in [-0.3, -0.25) is 10.1 Å². The van der Waals surface area contributed by atoms with Crippen molar-refractivity contribution in [2.24, 2.45) is 0 Å². The summed E-state index contributed by atoms with van der Waals surface area (Å²) in [6, 6.07) is 13.3. The Morgan fingerprint density at radius 1 is 1.07 bits per heavy atom. The van der Waals surface area contributed by atoms with Gasteiger partial charge in [-0.05, 0) is 35.9 Å². The molecule has 0 atom stereocenters. The molecule has 29 heavy (non-hydrogen) atoms. The Hall–Kier alpha value is -3.00. The molecular formula is C21H21N3O4S. The largest absolute Gasteiger partial charge is 0.486 e. The highest BCUT2D eigenvalue weighted by Gasteiger charge is 2.17. The molecule has 1 amide bonds. The quantitative estimate of drug-likeness (QED) is 0.609. The van der Waals surface area contributed by atoms with Crippen molar-refractivity contribution >= 4 is 23.7 Å². The van der Waals surface area contributed by atoms with Gasteiger partial charge >= 0.3 is 6.01 Å². The fourth-order valence-electron chi connectivity index (χ4n) is 2.86. The summed E-state index contributed by atoms with van der Waals surface area (Å²) in [7, 11) is 0. The van der Waals surface area contributed by atoms with Crippen LogP contribution in [0.25, 0.3) is 0 Å². The zero-order chi connectivity index (χ0) is 20.2. The van der Waals surface area contributed by atoms with Crippen LogP contribution in [-0.4, -0.2) is 34.6 Å². The van der Waals surface area contributed by atoms with Crippen molar-refractivity contribution in [1.82, 2.24) is 10.2 Å². The van der Waals surface area contributed by atoms with Gasteiger partial charge in [0.05, 0.1) is 6.42 Å². The summed E-state index contributed by atoms with van der Waals surface area (Å²) in [5.74, 6) is 1.26. The predicted octanol–water partition coefficient (Wildman–Crippen LogP) is 4.18. The SMILES string of the molecule is CC(C)Sc1ccc(Cc2nnc(NC(=O)c3ccc4c(c3)OCCO4)o2)cc1. The molecule has 1 aliphatic heterocycles. The van der Waals surface area contributed by atoms with Crippen LogP contribution < -0.4 is 14.8 Å². The standard InChI is InChI=1S/C21H21N3O4S/c1-13(2)29-16-6-3-14(4-7-16)11-19-23-24-21(28-19)22-20(25)15-5-8-17-18(12-15)27-10-9-26-17/h3-8,12-13H,9-11H2,1-2H3,(H,22,24,25). The molecule has 8 heteroatoms. The molecule has 3 aromatic rings. The number of amides is 1. The van der Waals surface area contributed by atoms with E-state index in [1.165, 1.54) is 4.90 Å². The van der Waals surface area contributed by atoms with Crippen LogP contribution in [0.1, 0.15) is 35.7 Å². The van der Waals surface area contributed by atoms with Gasteiger partial charge in [-0.1, -0.05) is 31.1 Å². The van der Waals surface area contributed by atoms with Gasteiger partial charge in [0.2, 0.25) is 5.89 Å². The summed E-state index contributed by atoms with van der Waals surface area (Å²) >= 11 is 1.82.